The molecule has 0 aliphatic rings. The van der Waals surface area contributed by atoms with Gasteiger partial charge >= 0.3 is 13.9 Å². The quantitative estimate of drug-likeness (QED) is 0.0440. The lowest BCUT2D eigenvalue weighted by atomic mass is 10.0. The Morgan fingerprint density at radius 3 is 1.57 bits per heavy atom. The van der Waals surface area contributed by atoms with Crippen LogP contribution in [0.1, 0.15) is 199 Å². The van der Waals surface area contributed by atoms with E-state index in [9.17, 15) is 19.0 Å². The molecule has 0 fully saturated rings. The highest BCUT2D eigenvalue weighted by Gasteiger charge is 2.24. The Hall–Kier alpha value is -1.97. The van der Waals surface area contributed by atoms with Crippen LogP contribution in [-0.4, -0.2) is 55.9 Å². The predicted octanol–water partition coefficient (Wildman–Crippen LogP) is 12.5. The molecule has 1 rings (SSSR count). The van der Waals surface area contributed by atoms with Crippen LogP contribution in [0.25, 0.3) is 0 Å². The highest BCUT2D eigenvalue weighted by molar-refractivity contribution is 7.47. The van der Waals surface area contributed by atoms with Crippen LogP contribution in [0.2, 0.25) is 0 Å². The molecular weight excluding hydrogens is 727 g/mol. The normalized spacial score (nSPS) is 13.0. The third-order valence-corrected chi connectivity index (χ3v) is 11.1. The number of ether oxygens (including phenoxy) is 2. The Morgan fingerprint density at radius 1 is 0.607 bits per heavy atom. The average molecular weight is 811 g/mol. The third-order valence-electron chi connectivity index (χ3n) is 10.1. The third kappa shape index (κ3) is 35.2. The zero-order valence-corrected chi connectivity index (χ0v) is 36.7. The molecule has 0 spiro atoms. The summed E-state index contributed by atoms with van der Waals surface area (Å²) in [5.74, 6) is -0.117. The summed E-state index contributed by atoms with van der Waals surface area (Å²) in [4.78, 5) is 35.1. The predicted molar refractivity (Wildman–Crippen MR) is 230 cm³/mol. The van der Waals surface area contributed by atoms with Crippen molar-refractivity contribution in [3.05, 3.63) is 35.9 Å². The molecule has 0 aliphatic heterocycles. The minimum Gasteiger partial charge on any atom is -0.445 e. The summed E-state index contributed by atoms with van der Waals surface area (Å²) >= 11 is 0. The summed E-state index contributed by atoms with van der Waals surface area (Å²) < 4.78 is 34.0. The van der Waals surface area contributed by atoms with Gasteiger partial charge in [0.15, 0.2) is 0 Å². The van der Waals surface area contributed by atoms with Crippen molar-refractivity contribution in [1.29, 1.82) is 0 Å². The molecule has 3 N–H and O–H groups in total. The molecule has 10 nitrogen and oxygen atoms in total. The number of nitrogens with one attached hydrogen (secondary N) is 2. The topological polar surface area (TPSA) is 132 Å². The Bertz CT molecular complexity index is 1080. The average Bonchev–Trinajstić information content (AvgIpc) is 3.19. The Labute approximate surface area is 342 Å². The molecule has 0 aromatic heterocycles. The lowest BCUT2D eigenvalue weighted by Crippen LogP contribution is -2.41. The van der Waals surface area contributed by atoms with Crippen LogP contribution >= 0.6 is 7.82 Å². The molecule has 2 amide bonds. The fourth-order valence-corrected chi connectivity index (χ4v) is 7.43. The number of benzene rings is 1. The summed E-state index contributed by atoms with van der Waals surface area (Å²) in [6.45, 7) is 4.85. The molecule has 326 valence electrons. The van der Waals surface area contributed by atoms with Gasteiger partial charge in [0, 0.05) is 19.6 Å². The van der Waals surface area contributed by atoms with Crippen LogP contribution in [0.5, 0.6) is 0 Å². The fourth-order valence-electron chi connectivity index (χ4n) is 6.67. The van der Waals surface area contributed by atoms with Gasteiger partial charge in [-0.1, -0.05) is 205 Å². The van der Waals surface area contributed by atoms with Gasteiger partial charge in [-0.15, -0.1) is 0 Å². The van der Waals surface area contributed by atoms with E-state index in [2.05, 4.69) is 24.5 Å². The Balaban J connectivity index is 2.31. The number of phosphoric acid groups is 1. The van der Waals surface area contributed by atoms with Crippen molar-refractivity contribution < 1.29 is 37.6 Å². The van der Waals surface area contributed by atoms with Crippen molar-refractivity contribution in [2.75, 3.05) is 33.0 Å². The zero-order chi connectivity index (χ0) is 40.6. The van der Waals surface area contributed by atoms with Crippen LogP contribution in [0.3, 0.4) is 0 Å². The molecule has 56 heavy (non-hydrogen) atoms. The summed E-state index contributed by atoms with van der Waals surface area (Å²) in [7, 11) is -4.44. The highest BCUT2D eigenvalue weighted by Crippen LogP contribution is 2.43. The molecule has 2 atom stereocenters. The van der Waals surface area contributed by atoms with Crippen molar-refractivity contribution in [2.24, 2.45) is 0 Å². The number of amides is 2. The minimum absolute atomic E-state index is 0.0386. The van der Waals surface area contributed by atoms with E-state index in [4.69, 9.17) is 18.5 Å². The summed E-state index contributed by atoms with van der Waals surface area (Å²) in [5.41, 5.74) is 0.849. The number of alkyl carbamates (subject to hydrolysis) is 1. The first-order valence-electron chi connectivity index (χ1n) is 22.8. The SMILES string of the molecule is CCCCCCCCCCCCCCCCOC[C@H](COP(=O)(O)OCCNC(=O)OCc1ccccc1)NC(=O)CCCCCCCCCCCCCCC. The number of hydrogen-bond donors (Lipinski definition) is 3. The van der Waals surface area contributed by atoms with Crippen molar-refractivity contribution in [2.45, 2.75) is 206 Å². The van der Waals surface area contributed by atoms with E-state index in [0.29, 0.717) is 13.0 Å². The van der Waals surface area contributed by atoms with Gasteiger partial charge in [-0.2, -0.15) is 0 Å². The first-order chi connectivity index (χ1) is 27.4. The highest BCUT2D eigenvalue weighted by atomic mass is 31.2. The lowest BCUT2D eigenvalue weighted by Gasteiger charge is -2.21. The number of unbranched alkanes of at least 4 members (excludes halogenated alkanes) is 25. The van der Waals surface area contributed by atoms with E-state index in [1.54, 1.807) is 0 Å². The van der Waals surface area contributed by atoms with Gasteiger partial charge in [-0.3, -0.25) is 13.8 Å². The maximum Gasteiger partial charge on any atom is 0.472 e. The first-order valence-corrected chi connectivity index (χ1v) is 24.3. The largest absolute Gasteiger partial charge is 0.472 e. The van der Waals surface area contributed by atoms with Gasteiger partial charge in [0.25, 0.3) is 0 Å². The van der Waals surface area contributed by atoms with Crippen molar-refractivity contribution in [3.63, 3.8) is 0 Å². The molecule has 1 aromatic rings. The van der Waals surface area contributed by atoms with Crippen LogP contribution in [-0.2, 0) is 34.5 Å². The van der Waals surface area contributed by atoms with Crippen LogP contribution in [0.15, 0.2) is 30.3 Å². The van der Waals surface area contributed by atoms with Crippen molar-refractivity contribution in [3.8, 4) is 0 Å². The summed E-state index contributed by atoms with van der Waals surface area (Å²) in [6.07, 6.45) is 33.9. The summed E-state index contributed by atoms with van der Waals surface area (Å²) in [5, 5.41) is 5.43. The number of carbonyl (C=O) groups excluding carboxylic acids is 2. The van der Waals surface area contributed by atoms with Gasteiger partial charge in [0.1, 0.15) is 6.61 Å². The fraction of sp³-hybridized carbons (Fsp3) is 0.822. The standard InChI is InChI=1S/C45H83N2O8P/c1-3-5-7-9-11-13-15-17-19-21-23-25-27-32-37-52-40-43(47-44(48)35-31-26-24-22-20-18-16-14-12-10-8-6-4-2)41-55-56(50,51)54-38-36-46-45(49)53-39-42-33-29-28-30-34-42/h28-30,33-34,43H,3-27,31-32,35-41H2,1-2H3,(H,46,49)(H,47,48)(H,50,51)/t43-/m1/s1. The molecule has 1 unspecified atom stereocenters. The van der Waals surface area contributed by atoms with Gasteiger partial charge < -0.3 is 25.0 Å². The molecule has 1 aromatic carbocycles. The number of phosphoric ester groups is 1. The van der Waals surface area contributed by atoms with Crippen LogP contribution < -0.4 is 10.6 Å². The number of rotatable bonds is 41. The minimum atomic E-state index is -4.44. The number of hydrogen-bond acceptors (Lipinski definition) is 7. The maximum absolute atomic E-state index is 12.8. The second-order valence-electron chi connectivity index (χ2n) is 15.5. The van der Waals surface area contributed by atoms with Gasteiger partial charge in [0.05, 0.1) is 25.9 Å². The molecule has 0 aliphatic carbocycles. The van der Waals surface area contributed by atoms with Gasteiger partial charge in [0.2, 0.25) is 5.91 Å². The number of carbonyl (C=O) groups is 2. The second-order valence-corrected chi connectivity index (χ2v) is 17.0. The molecule has 0 saturated carbocycles. The molecule has 0 saturated heterocycles. The summed E-state index contributed by atoms with van der Waals surface area (Å²) in [6, 6.07) is 8.68. The Morgan fingerprint density at radius 2 is 1.07 bits per heavy atom. The van der Waals surface area contributed by atoms with E-state index in [0.717, 1.165) is 37.7 Å². The van der Waals surface area contributed by atoms with Crippen molar-refractivity contribution >= 4 is 19.8 Å². The van der Waals surface area contributed by atoms with E-state index < -0.39 is 20.0 Å². The van der Waals surface area contributed by atoms with E-state index in [1.807, 2.05) is 30.3 Å². The smallest absolute Gasteiger partial charge is 0.445 e. The first kappa shape index (κ1) is 52.0. The van der Waals surface area contributed by atoms with Gasteiger partial charge in [-0.25, -0.2) is 9.36 Å². The second kappa shape index (κ2) is 38.5. The monoisotopic (exact) mass is 811 g/mol. The van der Waals surface area contributed by atoms with Crippen LogP contribution in [0.4, 0.5) is 4.79 Å². The molecule has 11 heteroatoms. The van der Waals surface area contributed by atoms with Crippen LogP contribution in [0, 0.1) is 0 Å². The molecule has 0 heterocycles. The lowest BCUT2D eigenvalue weighted by molar-refractivity contribution is -0.122. The van der Waals surface area contributed by atoms with Gasteiger partial charge in [-0.05, 0) is 18.4 Å². The van der Waals surface area contributed by atoms with Crippen molar-refractivity contribution in [1.82, 2.24) is 10.6 Å². The Kier molecular flexibility index (Phi) is 35.8. The molecular formula is C45H83N2O8P. The van der Waals surface area contributed by atoms with E-state index in [-0.39, 0.29) is 38.9 Å². The zero-order valence-electron chi connectivity index (χ0n) is 35.8. The maximum atomic E-state index is 12.8. The molecule has 0 bridgehead atoms. The molecule has 0 radical (unpaired) electrons. The van der Waals surface area contributed by atoms with E-state index >= 15 is 0 Å². The van der Waals surface area contributed by atoms with E-state index in [1.165, 1.54) is 141 Å².